The molecule has 8 heteroatoms. The van der Waals surface area contributed by atoms with Crippen LogP contribution in [0, 0.1) is 0 Å². The van der Waals surface area contributed by atoms with Gasteiger partial charge in [-0.25, -0.2) is 0 Å². The van der Waals surface area contributed by atoms with Gasteiger partial charge in [0.25, 0.3) is 0 Å². The van der Waals surface area contributed by atoms with E-state index in [-0.39, 0.29) is 25.3 Å². The molecule has 0 aliphatic heterocycles. The fourth-order valence-electron chi connectivity index (χ4n) is 2.36. The minimum atomic E-state index is -1.10. The van der Waals surface area contributed by atoms with Gasteiger partial charge in [0, 0.05) is 10.2 Å². The molecule has 2 aromatic carbocycles. The average Bonchev–Trinajstić information content (AvgIpc) is 2.66. The van der Waals surface area contributed by atoms with E-state index in [0.717, 1.165) is 10.0 Å². The average molecular weight is 436 g/mol. The third-order valence-corrected chi connectivity index (χ3v) is 4.30. The SMILES string of the molecule is O=C(CNC(O)Nc1ccc(Br)cc1)CN[C@@H](Cc1ccccc1)C(=O)O. The quantitative estimate of drug-likeness (QED) is 0.340. The van der Waals surface area contributed by atoms with Gasteiger partial charge in [-0.1, -0.05) is 46.3 Å². The molecule has 2 aromatic rings. The summed E-state index contributed by atoms with van der Waals surface area (Å²) in [5.74, 6) is -1.28. The molecule has 5 N–H and O–H groups in total. The molecule has 0 aliphatic rings. The molecule has 0 radical (unpaired) electrons. The van der Waals surface area contributed by atoms with E-state index in [1.165, 1.54) is 0 Å². The maximum absolute atomic E-state index is 12.0. The van der Waals surface area contributed by atoms with E-state index >= 15 is 0 Å². The first kappa shape index (κ1) is 21.0. The Kier molecular flexibility index (Phi) is 8.41. The Bertz CT molecular complexity index is 740. The third kappa shape index (κ3) is 7.88. The van der Waals surface area contributed by atoms with Gasteiger partial charge in [0.15, 0.2) is 12.1 Å². The maximum Gasteiger partial charge on any atom is 0.321 e. The predicted octanol–water partition coefficient (Wildman–Crippen LogP) is 1.58. The summed E-state index contributed by atoms with van der Waals surface area (Å²) in [5, 5.41) is 27.4. The molecule has 2 rings (SSSR count). The van der Waals surface area contributed by atoms with Crippen LogP contribution < -0.4 is 16.0 Å². The van der Waals surface area contributed by atoms with E-state index in [1.54, 1.807) is 12.1 Å². The highest BCUT2D eigenvalue weighted by molar-refractivity contribution is 9.10. The van der Waals surface area contributed by atoms with Gasteiger partial charge in [-0.2, -0.15) is 0 Å². The van der Waals surface area contributed by atoms with Crippen molar-refractivity contribution in [1.29, 1.82) is 0 Å². The van der Waals surface area contributed by atoms with Crippen LogP contribution in [0.5, 0.6) is 0 Å². The van der Waals surface area contributed by atoms with Gasteiger partial charge >= 0.3 is 5.97 Å². The molecule has 1 unspecified atom stereocenters. The predicted molar refractivity (Wildman–Crippen MR) is 106 cm³/mol. The first-order valence-corrected chi connectivity index (χ1v) is 9.18. The summed E-state index contributed by atoms with van der Waals surface area (Å²) in [7, 11) is 0. The zero-order chi connectivity index (χ0) is 19.6. The molecule has 0 amide bonds. The number of benzene rings is 2. The molecule has 0 saturated heterocycles. The van der Waals surface area contributed by atoms with E-state index in [2.05, 4.69) is 31.9 Å². The molecular weight excluding hydrogens is 414 g/mol. The number of nitrogens with one attached hydrogen (secondary N) is 3. The standard InChI is InChI=1S/C19H22BrN3O4/c20-14-6-8-15(9-7-14)23-19(27)22-12-16(24)11-21-17(18(25)26)10-13-4-2-1-3-5-13/h1-9,17,19,21-23,27H,10-12H2,(H,25,26)/t17-,19?/m0/s1. The lowest BCUT2D eigenvalue weighted by Crippen LogP contribution is -2.45. The summed E-state index contributed by atoms with van der Waals surface area (Å²) in [4.78, 5) is 23.3. The number of hydrogen-bond acceptors (Lipinski definition) is 6. The fraction of sp³-hybridized carbons (Fsp3) is 0.263. The lowest BCUT2D eigenvalue weighted by Gasteiger charge is -2.17. The van der Waals surface area contributed by atoms with Crippen molar-refractivity contribution in [3.8, 4) is 0 Å². The molecule has 144 valence electrons. The van der Waals surface area contributed by atoms with Crippen LogP contribution in [-0.4, -0.2) is 47.4 Å². The summed E-state index contributed by atoms with van der Waals surface area (Å²) in [6, 6.07) is 15.5. The van der Waals surface area contributed by atoms with Crippen molar-refractivity contribution in [3.63, 3.8) is 0 Å². The van der Waals surface area contributed by atoms with Crippen molar-refractivity contribution in [3.05, 3.63) is 64.6 Å². The van der Waals surface area contributed by atoms with Crippen LogP contribution in [0.4, 0.5) is 5.69 Å². The fourth-order valence-corrected chi connectivity index (χ4v) is 2.63. The van der Waals surface area contributed by atoms with Crippen molar-refractivity contribution < 1.29 is 19.8 Å². The topological polar surface area (TPSA) is 111 Å². The molecule has 0 saturated carbocycles. The Balaban J connectivity index is 1.73. The second-order valence-electron chi connectivity index (χ2n) is 5.93. The molecule has 0 aromatic heterocycles. The number of aliphatic hydroxyl groups is 1. The van der Waals surface area contributed by atoms with Crippen LogP contribution in [0.3, 0.4) is 0 Å². The highest BCUT2D eigenvalue weighted by Crippen LogP contribution is 2.14. The molecule has 0 fully saturated rings. The van der Waals surface area contributed by atoms with Crippen LogP contribution in [0.2, 0.25) is 0 Å². The molecule has 27 heavy (non-hydrogen) atoms. The van der Waals surface area contributed by atoms with Crippen molar-refractivity contribution in [1.82, 2.24) is 10.6 Å². The van der Waals surface area contributed by atoms with Crippen LogP contribution >= 0.6 is 15.9 Å². The van der Waals surface area contributed by atoms with Gasteiger partial charge in [0.05, 0.1) is 13.1 Å². The minimum Gasteiger partial charge on any atom is -0.480 e. The van der Waals surface area contributed by atoms with Crippen molar-refractivity contribution in [2.75, 3.05) is 18.4 Å². The molecule has 7 nitrogen and oxygen atoms in total. The zero-order valence-electron chi connectivity index (χ0n) is 14.6. The molecule has 0 spiro atoms. The maximum atomic E-state index is 12.0. The van der Waals surface area contributed by atoms with Crippen LogP contribution in [0.25, 0.3) is 0 Å². The van der Waals surface area contributed by atoms with Gasteiger partial charge in [0.1, 0.15) is 6.04 Å². The normalized spacial score (nSPS) is 13.0. The molecule has 2 atom stereocenters. The Morgan fingerprint density at radius 2 is 1.59 bits per heavy atom. The van der Waals surface area contributed by atoms with E-state index in [0.29, 0.717) is 5.69 Å². The largest absolute Gasteiger partial charge is 0.480 e. The number of rotatable bonds is 11. The molecular formula is C19H22BrN3O4. The van der Waals surface area contributed by atoms with Gasteiger partial charge in [-0.05, 0) is 36.2 Å². The van der Waals surface area contributed by atoms with E-state index < -0.39 is 18.4 Å². The highest BCUT2D eigenvalue weighted by atomic mass is 79.9. The third-order valence-electron chi connectivity index (χ3n) is 3.77. The summed E-state index contributed by atoms with van der Waals surface area (Å²) < 4.78 is 0.917. The van der Waals surface area contributed by atoms with Gasteiger partial charge in [0.2, 0.25) is 0 Å². The number of carboxylic acid groups (broad SMARTS) is 1. The van der Waals surface area contributed by atoms with E-state index in [1.807, 2.05) is 42.5 Å². The Labute approximate surface area is 165 Å². The number of ketones is 1. The Hall–Kier alpha value is -2.26. The van der Waals surface area contributed by atoms with Crippen LogP contribution in [0.15, 0.2) is 59.1 Å². The lowest BCUT2D eigenvalue weighted by molar-refractivity contribution is -0.139. The second kappa shape index (κ2) is 10.8. The van der Waals surface area contributed by atoms with Crippen LogP contribution in [0.1, 0.15) is 5.56 Å². The van der Waals surface area contributed by atoms with Gasteiger partial charge in [-0.3, -0.25) is 20.2 Å². The molecule has 0 bridgehead atoms. The number of carboxylic acids is 1. The van der Waals surface area contributed by atoms with Crippen molar-refractivity contribution in [2.24, 2.45) is 0 Å². The Morgan fingerprint density at radius 3 is 2.22 bits per heavy atom. The summed E-state index contributed by atoms with van der Waals surface area (Å²) in [5.41, 5.74) is 1.56. The summed E-state index contributed by atoms with van der Waals surface area (Å²) in [6.45, 7) is -0.211. The first-order chi connectivity index (χ1) is 12.9. The van der Waals surface area contributed by atoms with Crippen molar-refractivity contribution in [2.45, 2.75) is 18.8 Å². The Morgan fingerprint density at radius 1 is 0.963 bits per heavy atom. The van der Waals surface area contributed by atoms with E-state index in [9.17, 15) is 19.8 Å². The van der Waals surface area contributed by atoms with E-state index in [4.69, 9.17) is 0 Å². The highest BCUT2D eigenvalue weighted by Gasteiger charge is 2.18. The smallest absolute Gasteiger partial charge is 0.321 e. The number of anilines is 1. The summed E-state index contributed by atoms with van der Waals surface area (Å²) >= 11 is 3.32. The number of carbonyl (C=O) groups excluding carboxylic acids is 1. The number of aliphatic carboxylic acids is 1. The number of carbonyl (C=O) groups is 2. The number of hydrogen-bond donors (Lipinski definition) is 5. The minimum absolute atomic E-state index is 0.102. The lowest BCUT2D eigenvalue weighted by atomic mass is 10.1. The molecule has 0 heterocycles. The monoisotopic (exact) mass is 435 g/mol. The van der Waals surface area contributed by atoms with Gasteiger partial charge in [-0.15, -0.1) is 0 Å². The van der Waals surface area contributed by atoms with Crippen LogP contribution in [-0.2, 0) is 16.0 Å². The van der Waals surface area contributed by atoms with Crippen molar-refractivity contribution >= 4 is 33.4 Å². The number of aliphatic hydroxyl groups excluding tert-OH is 1. The number of halogens is 1. The summed E-state index contributed by atoms with van der Waals surface area (Å²) in [6.07, 6.45) is -0.820. The second-order valence-corrected chi connectivity index (χ2v) is 6.85. The zero-order valence-corrected chi connectivity index (χ0v) is 16.1. The first-order valence-electron chi connectivity index (χ1n) is 8.39. The number of Topliss-reactive ketones (excluding diaryl/α,β-unsaturated/α-hetero) is 1. The van der Waals surface area contributed by atoms with Gasteiger partial charge < -0.3 is 15.5 Å². The molecule has 0 aliphatic carbocycles.